The highest BCUT2D eigenvalue weighted by Gasteiger charge is 2.33. The maximum absolute atomic E-state index is 12.5. The maximum atomic E-state index is 12.5. The van der Waals surface area contributed by atoms with Crippen LogP contribution in [-0.4, -0.2) is 33.2 Å². The Bertz CT molecular complexity index is 667. The molecule has 3 rings (SSSR count). The first-order chi connectivity index (χ1) is 10.3. The molecule has 2 aromatic rings. The van der Waals surface area contributed by atoms with Crippen LogP contribution < -0.4 is 0 Å². The summed E-state index contributed by atoms with van der Waals surface area (Å²) in [5.74, 6) is -0.0325. The number of benzene rings is 1. The average molecular weight is 280 g/mol. The van der Waals surface area contributed by atoms with E-state index >= 15 is 0 Å². The van der Waals surface area contributed by atoms with E-state index in [0.717, 1.165) is 18.5 Å². The Morgan fingerprint density at radius 2 is 2.14 bits per heavy atom. The number of para-hydroxylation sites is 1. The summed E-state index contributed by atoms with van der Waals surface area (Å²) in [4.78, 5) is 14.3. The smallest absolute Gasteiger partial charge is 0.257 e. The third-order valence-electron chi connectivity index (χ3n) is 3.56. The van der Waals surface area contributed by atoms with Gasteiger partial charge >= 0.3 is 0 Å². The standard InChI is InChI=1S/C16H16N4O/c17-9-4-10-19(14-7-8-14)16(21)13-11-18-20(12-13)15-5-2-1-3-6-15/h1-3,5-6,11-12,14H,4,7-8,10H2. The Labute approximate surface area is 123 Å². The van der Waals surface area contributed by atoms with Crippen molar-refractivity contribution in [2.24, 2.45) is 0 Å². The van der Waals surface area contributed by atoms with E-state index in [0.29, 0.717) is 24.6 Å². The fourth-order valence-electron chi connectivity index (χ4n) is 2.33. The number of nitriles is 1. The minimum absolute atomic E-state index is 0.0325. The molecule has 0 aliphatic heterocycles. The molecule has 1 heterocycles. The molecule has 0 radical (unpaired) electrons. The van der Waals surface area contributed by atoms with Gasteiger partial charge in [0.15, 0.2) is 0 Å². The monoisotopic (exact) mass is 280 g/mol. The summed E-state index contributed by atoms with van der Waals surface area (Å²) in [6, 6.07) is 12.1. The van der Waals surface area contributed by atoms with Gasteiger partial charge in [0.1, 0.15) is 0 Å². The third-order valence-corrected chi connectivity index (χ3v) is 3.56. The largest absolute Gasteiger partial charge is 0.335 e. The summed E-state index contributed by atoms with van der Waals surface area (Å²) >= 11 is 0. The van der Waals surface area contributed by atoms with Crippen molar-refractivity contribution in [3.8, 4) is 11.8 Å². The first-order valence-corrected chi connectivity index (χ1v) is 7.07. The molecule has 1 aromatic carbocycles. The Morgan fingerprint density at radius 3 is 2.81 bits per heavy atom. The van der Waals surface area contributed by atoms with Crippen LogP contribution in [0.4, 0.5) is 0 Å². The predicted molar refractivity (Wildman–Crippen MR) is 77.9 cm³/mol. The fourth-order valence-corrected chi connectivity index (χ4v) is 2.33. The fraction of sp³-hybridized carbons (Fsp3) is 0.312. The lowest BCUT2D eigenvalue weighted by Crippen LogP contribution is -2.33. The number of rotatable bonds is 5. The zero-order valence-electron chi connectivity index (χ0n) is 11.6. The highest BCUT2D eigenvalue weighted by molar-refractivity contribution is 5.94. The molecule has 5 nitrogen and oxygen atoms in total. The van der Waals surface area contributed by atoms with E-state index in [4.69, 9.17) is 5.26 Å². The van der Waals surface area contributed by atoms with E-state index in [2.05, 4.69) is 11.2 Å². The molecular formula is C16H16N4O. The van der Waals surface area contributed by atoms with Gasteiger partial charge in [-0.2, -0.15) is 10.4 Å². The second-order valence-corrected chi connectivity index (χ2v) is 5.15. The van der Waals surface area contributed by atoms with Crippen LogP contribution in [-0.2, 0) is 0 Å². The molecule has 0 spiro atoms. The molecule has 5 heteroatoms. The van der Waals surface area contributed by atoms with Crippen LogP contribution in [0.15, 0.2) is 42.7 Å². The lowest BCUT2D eigenvalue weighted by molar-refractivity contribution is 0.0747. The van der Waals surface area contributed by atoms with Crippen LogP contribution in [0.25, 0.3) is 5.69 Å². The lowest BCUT2D eigenvalue weighted by Gasteiger charge is -2.20. The summed E-state index contributed by atoms with van der Waals surface area (Å²) in [6.45, 7) is 0.497. The zero-order chi connectivity index (χ0) is 14.7. The van der Waals surface area contributed by atoms with Gasteiger partial charge in [0.2, 0.25) is 0 Å². The van der Waals surface area contributed by atoms with E-state index in [9.17, 15) is 4.79 Å². The van der Waals surface area contributed by atoms with Gasteiger partial charge in [-0.15, -0.1) is 0 Å². The number of carbonyl (C=O) groups is 1. The molecular weight excluding hydrogens is 264 g/mol. The Morgan fingerprint density at radius 1 is 1.38 bits per heavy atom. The second kappa shape index (κ2) is 5.80. The first-order valence-electron chi connectivity index (χ1n) is 7.07. The molecule has 21 heavy (non-hydrogen) atoms. The molecule has 1 saturated carbocycles. The highest BCUT2D eigenvalue weighted by Crippen LogP contribution is 2.28. The van der Waals surface area contributed by atoms with Crippen molar-refractivity contribution in [1.29, 1.82) is 5.26 Å². The van der Waals surface area contributed by atoms with Crippen molar-refractivity contribution in [2.75, 3.05) is 6.54 Å². The molecule has 0 bridgehead atoms. The van der Waals surface area contributed by atoms with Crippen molar-refractivity contribution in [1.82, 2.24) is 14.7 Å². The lowest BCUT2D eigenvalue weighted by atomic mass is 10.2. The molecule has 1 fully saturated rings. The van der Waals surface area contributed by atoms with Crippen molar-refractivity contribution >= 4 is 5.91 Å². The SMILES string of the molecule is N#CCCN(C(=O)c1cnn(-c2ccccc2)c1)C1CC1. The molecule has 1 aliphatic rings. The Hall–Kier alpha value is -2.61. The van der Waals surface area contributed by atoms with Gasteiger partial charge in [0.05, 0.1) is 29.9 Å². The van der Waals surface area contributed by atoms with Gasteiger partial charge in [0.25, 0.3) is 5.91 Å². The van der Waals surface area contributed by atoms with Crippen LogP contribution in [0.5, 0.6) is 0 Å². The Balaban J connectivity index is 1.78. The van der Waals surface area contributed by atoms with E-state index < -0.39 is 0 Å². The van der Waals surface area contributed by atoms with Crippen LogP contribution >= 0.6 is 0 Å². The molecule has 0 saturated heterocycles. The van der Waals surface area contributed by atoms with Gasteiger partial charge in [0, 0.05) is 18.8 Å². The van der Waals surface area contributed by atoms with Gasteiger partial charge in [-0.3, -0.25) is 4.79 Å². The highest BCUT2D eigenvalue weighted by atomic mass is 16.2. The van der Waals surface area contributed by atoms with Crippen molar-refractivity contribution in [2.45, 2.75) is 25.3 Å². The van der Waals surface area contributed by atoms with E-state index in [-0.39, 0.29) is 5.91 Å². The van der Waals surface area contributed by atoms with Crippen molar-refractivity contribution < 1.29 is 4.79 Å². The number of hydrogen-bond acceptors (Lipinski definition) is 3. The van der Waals surface area contributed by atoms with Crippen LogP contribution in [0.3, 0.4) is 0 Å². The minimum atomic E-state index is -0.0325. The molecule has 106 valence electrons. The number of hydrogen-bond donors (Lipinski definition) is 0. The van der Waals surface area contributed by atoms with Crippen molar-refractivity contribution in [3.63, 3.8) is 0 Å². The zero-order valence-corrected chi connectivity index (χ0v) is 11.6. The van der Waals surface area contributed by atoms with Crippen molar-refractivity contribution in [3.05, 3.63) is 48.3 Å². The molecule has 0 atom stereocenters. The molecule has 0 N–H and O–H groups in total. The van der Waals surface area contributed by atoms with Crippen LogP contribution in [0.2, 0.25) is 0 Å². The molecule has 1 amide bonds. The van der Waals surface area contributed by atoms with Crippen LogP contribution in [0.1, 0.15) is 29.6 Å². The number of amides is 1. The normalized spacial score (nSPS) is 13.7. The Kier molecular flexibility index (Phi) is 3.69. The van der Waals surface area contributed by atoms with E-state index in [1.54, 1.807) is 22.0 Å². The first kappa shape index (κ1) is 13.4. The van der Waals surface area contributed by atoms with Gasteiger partial charge in [-0.05, 0) is 25.0 Å². The summed E-state index contributed by atoms with van der Waals surface area (Å²) in [5, 5.41) is 13.0. The summed E-state index contributed by atoms with van der Waals surface area (Å²) in [6.07, 6.45) is 5.78. The summed E-state index contributed by atoms with van der Waals surface area (Å²) in [7, 11) is 0. The van der Waals surface area contributed by atoms with Crippen LogP contribution in [0, 0.1) is 11.3 Å². The number of nitrogens with zero attached hydrogens (tertiary/aromatic N) is 4. The van der Waals surface area contributed by atoms with Gasteiger partial charge in [-0.1, -0.05) is 18.2 Å². The predicted octanol–water partition coefficient (Wildman–Crippen LogP) is 2.39. The van der Waals surface area contributed by atoms with Gasteiger partial charge in [-0.25, -0.2) is 4.68 Å². The number of aromatic nitrogens is 2. The maximum Gasteiger partial charge on any atom is 0.257 e. The van der Waals surface area contributed by atoms with E-state index in [1.165, 1.54) is 0 Å². The molecule has 1 aliphatic carbocycles. The summed E-state index contributed by atoms with van der Waals surface area (Å²) in [5.41, 5.74) is 1.50. The quantitative estimate of drug-likeness (QED) is 0.844. The molecule has 1 aromatic heterocycles. The number of carbonyl (C=O) groups excluding carboxylic acids is 1. The average Bonchev–Trinajstić information content (AvgIpc) is 3.24. The minimum Gasteiger partial charge on any atom is -0.335 e. The topological polar surface area (TPSA) is 61.9 Å². The van der Waals surface area contributed by atoms with E-state index in [1.807, 2.05) is 30.3 Å². The summed E-state index contributed by atoms with van der Waals surface area (Å²) < 4.78 is 1.70. The second-order valence-electron chi connectivity index (χ2n) is 5.15. The third kappa shape index (κ3) is 2.95. The molecule has 0 unspecified atom stereocenters. The van der Waals surface area contributed by atoms with Gasteiger partial charge < -0.3 is 4.90 Å².